The summed E-state index contributed by atoms with van der Waals surface area (Å²) in [6.07, 6.45) is 6.20. The number of hydrogen-bond acceptors (Lipinski definition) is 5. The lowest BCUT2D eigenvalue weighted by molar-refractivity contribution is 0.631. The molecule has 0 spiro atoms. The van der Waals surface area contributed by atoms with Gasteiger partial charge in [0, 0.05) is 28.9 Å². The van der Waals surface area contributed by atoms with Crippen LogP contribution in [-0.2, 0) is 6.54 Å². The van der Waals surface area contributed by atoms with Crippen molar-refractivity contribution < 1.29 is 0 Å². The summed E-state index contributed by atoms with van der Waals surface area (Å²) < 4.78 is 2.22. The van der Waals surface area contributed by atoms with Crippen molar-refractivity contribution in [3.8, 4) is 34.0 Å². The summed E-state index contributed by atoms with van der Waals surface area (Å²) in [5, 5.41) is 14.9. The van der Waals surface area contributed by atoms with Gasteiger partial charge in [-0.2, -0.15) is 5.21 Å². The minimum Gasteiger partial charge on any atom is -0.330 e. The number of hydrogen-bond donors (Lipinski definition) is 1. The minimum atomic E-state index is 0.532. The lowest BCUT2D eigenvalue weighted by Gasteiger charge is -2.10. The van der Waals surface area contributed by atoms with Crippen molar-refractivity contribution in [3.05, 3.63) is 53.9 Å². The van der Waals surface area contributed by atoms with E-state index in [9.17, 15) is 0 Å². The molecule has 3 heterocycles. The number of halogens is 1. The fourth-order valence-corrected chi connectivity index (χ4v) is 3.31. The lowest BCUT2D eigenvalue weighted by Crippen LogP contribution is -2.01. The summed E-state index contributed by atoms with van der Waals surface area (Å²) in [6.45, 7) is 0.968. The first-order chi connectivity index (χ1) is 13.3. The molecule has 8 heteroatoms. The van der Waals surface area contributed by atoms with Crippen molar-refractivity contribution in [3.63, 3.8) is 0 Å². The third-order valence-electron chi connectivity index (χ3n) is 4.71. The Morgan fingerprint density at radius 2 is 1.93 bits per heavy atom. The Balaban J connectivity index is 1.62. The van der Waals surface area contributed by atoms with E-state index in [1.165, 1.54) is 12.8 Å². The normalized spacial score (nSPS) is 13.8. The fraction of sp³-hybridized carbons (Fsp3) is 0.211. The molecule has 0 atom stereocenters. The molecule has 27 heavy (non-hydrogen) atoms. The standard InChI is InChI=1S/C19H16ClN7/c20-15-5-3-13(4-6-15)18-17(22-11-27(18)10-12-1-2-12)16-9-14(7-8-21-16)19-23-25-26-24-19/h3-9,11-12H,1-2,10H2,(H,23,24,25,26). The average molecular weight is 378 g/mol. The van der Waals surface area contributed by atoms with E-state index >= 15 is 0 Å². The summed E-state index contributed by atoms with van der Waals surface area (Å²) in [6, 6.07) is 11.6. The molecule has 1 fully saturated rings. The third kappa shape index (κ3) is 3.21. The van der Waals surface area contributed by atoms with Crippen molar-refractivity contribution in [2.24, 2.45) is 5.92 Å². The van der Waals surface area contributed by atoms with Gasteiger partial charge in [-0.25, -0.2) is 4.98 Å². The summed E-state index contributed by atoms with van der Waals surface area (Å²) in [5.74, 6) is 1.26. The van der Waals surface area contributed by atoms with Gasteiger partial charge in [-0.15, -0.1) is 10.2 Å². The molecule has 7 nitrogen and oxygen atoms in total. The quantitative estimate of drug-likeness (QED) is 0.570. The van der Waals surface area contributed by atoms with E-state index in [-0.39, 0.29) is 0 Å². The Kier molecular flexibility index (Phi) is 3.94. The average Bonchev–Trinajstić information content (AvgIpc) is 3.18. The van der Waals surface area contributed by atoms with Gasteiger partial charge in [-0.05, 0) is 48.2 Å². The van der Waals surface area contributed by atoms with Crippen LogP contribution < -0.4 is 0 Å². The van der Waals surface area contributed by atoms with E-state index < -0.39 is 0 Å². The maximum absolute atomic E-state index is 6.08. The van der Waals surface area contributed by atoms with Crippen LogP contribution >= 0.6 is 11.6 Å². The molecule has 0 aliphatic heterocycles. The van der Waals surface area contributed by atoms with Gasteiger partial charge in [0.25, 0.3) is 0 Å². The molecule has 1 saturated carbocycles. The number of tetrazole rings is 1. The highest BCUT2D eigenvalue weighted by Gasteiger charge is 2.25. The number of rotatable bonds is 5. The van der Waals surface area contributed by atoms with E-state index in [2.05, 4.69) is 30.2 Å². The van der Waals surface area contributed by atoms with Crippen LogP contribution in [0.2, 0.25) is 5.02 Å². The second-order valence-electron chi connectivity index (χ2n) is 6.71. The molecule has 0 unspecified atom stereocenters. The van der Waals surface area contributed by atoms with E-state index in [4.69, 9.17) is 16.6 Å². The van der Waals surface area contributed by atoms with Crippen molar-refractivity contribution in [1.29, 1.82) is 0 Å². The van der Waals surface area contributed by atoms with E-state index in [0.717, 1.165) is 40.7 Å². The molecule has 0 amide bonds. The van der Waals surface area contributed by atoms with Crippen LogP contribution in [0, 0.1) is 5.92 Å². The zero-order chi connectivity index (χ0) is 18.2. The summed E-state index contributed by atoms with van der Waals surface area (Å²) >= 11 is 6.08. The van der Waals surface area contributed by atoms with Gasteiger partial charge in [0.05, 0.1) is 17.7 Å². The van der Waals surface area contributed by atoms with E-state index in [1.807, 2.05) is 42.7 Å². The summed E-state index contributed by atoms with van der Waals surface area (Å²) in [5.41, 5.74) is 4.57. The highest BCUT2D eigenvalue weighted by atomic mass is 35.5. The van der Waals surface area contributed by atoms with Crippen LogP contribution in [0.25, 0.3) is 34.0 Å². The molecule has 1 aliphatic rings. The first-order valence-electron chi connectivity index (χ1n) is 8.79. The van der Waals surface area contributed by atoms with Gasteiger partial charge >= 0.3 is 0 Å². The Morgan fingerprint density at radius 3 is 2.67 bits per heavy atom. The molecule has 1 N–H and O–H groups in total. The van der Waals surface area contributed by atoms with E-state index in [1.54, 1.807) is 6.20 Å². The molecule has 1 aliphatic carbocycles. The Bertz CT molecular complexity index is 1070. The summed E-state index contributed by atoms with van der Waals surface area (Å²) in [4.78, 5) is 9.23. The maximum atomic E-state index is 6.08. The highest BCUT2D eigenvalue weighted by molar-refractivity contribution is 6.30. The number of aromatic amines is 1. The number of imidazole rings is 1. The number of nitrogens with zero attached hydrogens (tertiary/aromatic N) is 6. The van der Waals surface area contributed by atoms with Gasteiger partial charge in [0.2, 0.25) is 5.82 Å². The smallest absolute Gasteiger partial charge is 0.204 e. The minimum absolute atomic E-state index is 0.532. The monoisotopic (exact) mass is 377 g/mol. The van der Waals surface area contributed by atoms with Crippen LogP contribution in [0.4, 0.5) is 0 Å². The maximum Gasteiger partial charge on any atom is 0.204 e. The predicted octanol–water partition coefficient (Wildman–Crippen LogP) is 3.86. The van der Waals surface area contributed by atoms with Crippen molar-refractivity contribution in [2.75, 3.05) is 0 Å². The molecule has 0 bridgehead atoms. The number of benzene rings is 1. The van der Waals surface area contributed by atoms with Gasteiger partial charge in [-0.3, -0.25) is 4.98 Å². The van der Waals surface area contributed by atoms with Gasteiger partial charge < -0.3 is 4.57 Å². The summed E-state index contributed by atoms with van der Waals surface area (Å²) in [7, 11) is 0. The topological polar surface area (TPSA) is 85.2 Å². The molecule has 134 valence electrons. The molecule has 3 aromatic heterocycles. The van der Waals surface area contributed by atoms with Crippen molar-refractivity contribution in [1.82, 2.24) is 35.2 Å². The molecular formula is C19H16ClN7. The third-order valence-corrected chi connectivity index (χ3v) is 4.97. The van der Waals surface area contributed by atoms with Crippen LogP contribution in [0.15, 0.2) is 48.9 Å². The number of aromatic nitrogens is 7. The molecular weight excluding hydrogens is 362 g/mol. The largest absolute Gasteiger partial charge is 0.330 e. The van der Waals surface area contributed by atoms with Gasteiger partial charge in [-0.1, -0.05) is 23.7 Å². The first kappa shape index (κ1) is 16.1. The number of H-pyrrole nitrogens is 1. The molecule has 5 rings (SSSR count). The molecule has 0 radical (unpaired) electrons. The second kappa shape index (κ2) is 6.59. The SMILES string of the molecule is Clc1ccc(-c2c(-c3cc(-c4nn[nH]n4)ccn3)ncn2CC2CC2)cc1. The fourth-order valence-electron chi connectivity index (χ4n) is 3.18. The first-order valence-corrected chi connectivity index (χ1v) is 9.17. The zero-order valence-electron chi connectivity index (χ0n) is 14.4. The lowest BCUT2D eigenvalue weighted by atomic mass is 10.1. The van der Waals surface area contributed by atoms with E-state index in [0.29, 0.717) is 10.8 Å². The van der Waals surface area contributed by atoms with Crippen molar-refractivity contribution >= 4 is 11.6 Å². The predicted molar refractivity (Wildman–Crippen MR) is 102 cm³/mol. The van der Waals surface area contributed by atoms with Crippen LogP contribution in [0.5, 0.6) is 0 Å². The Hall–Kier alpha value is -3.06. The van der Waals surface area contributed by atoms with Crippen LogP contribution in [0.1, 0.15) is 12.8 Å². The van der Waals surface area contributed by atoms with Crippen LogP contribution in [0.3, 0.4) is 0 Å². The number of pyridine rings is 1. The number of nitrogens with one attached hydrogen (secondary N) is 1. The second-order valence-corrected chi connectivity index (χ2v) is 7.15. The highest BCUT2D eigenvalue weighted by Crippen LogP contribution is 2.36. The Labute approximate surface area is 160 Å². The Morgan fingerprint density at radius 1 is 1.07 bits per heavy atom. The molecule has 4 aromatic rings. The zero-order valence-corrected chi connectivity index (χ0v) is 15.1. The van der Waals surface area contributed by atoms with Crippen molar-refractivity contribution in [2.45, 2.75) is 19.4 Å². The van der Waals surface area contributed by atoms with Gasteiger partial charge in [0.15, 0.2) is 0 Å². The van der Waals surface area contributed by atoms with Crippen LogP contribution in [-0.4, -0.2) is 35.2 Å². The molecule has 1 aromatic carbocycles. The van der Waals surface area contributed by atoms with Gasteiger partial charge in [0.1, 0.15) is 5.69 Å². The molecule has 0 saturated heterocycles.